The summed E-state index contributed by atoms with van der Waals surface area (Å²) in [4.78, 5) is 0. The van der Waals surface area contributed by atoms with Crippen molar-refractivity contribution in [3.05, 3.63) is 290 Å². The molecule has 0 N–H and O–H groups in total. The molecular formula is C84H70BF6O8PS2. The maximum Gasteiger partial charge on any atom is 0.534 e. The Morgan fingerprint density at radius 1 is 0.363 bits per heavy atom. The van der Waals surface area contributed by atoms with E-state index in [1.165, 1.54) is 82.9 Å². The van der Waals surface area contributed by atoms with Crippen LogP contribution in [0, 0.1) is 13.8 Å². The molecule has 102 heavy (non-hydrogen) atoms. The number of fused-ring (bicyclic) bond motifs is 6. The molecule has 0 radical (unpaired) electrons. The molecule has 0 amide bonds. The van der Waals surface area contributed by atoms with Crippen LogP contribution in [0.1, 0.15) is 46.2 Å². The molecule has 0 saturated carbocycles. The lowest BCUT2D eigenvalue weighted by Gasteiger charge is -2.32. The first-order chi connectivity index (χ1) is 48.2. The van der Waals surface area contributed by atoms with Gasteiger partial charge >= 0.3 is 28.3 Å². The normalized spacial score (nSPS) is 13.6. The van der Waals surface area contributed by atoms with Gasteiger partial charge in [0.25, 0.3) is 9.84 Å². The standard InChI is InChI=1S/C37H26.C31H19F3O3S.C13H19BO2.C2H2F3O3PS.CH4/c1-25-19-21-26(22-20-25)28-23-24-35(30-14-6-5-13-29(28)30)37-33-17-9-7-15-31(33)36(27-11-3-2-4-12-27)32-16-8-10-18-34(32)37;32-31(33,34)38(35,36)37-28-19-18-27(21-12-4-5-13-22(21)28)30-25-16-8-6-14-23(25)29(20-10-2-1-3-11-20)24-15-7-9-17-26(24)30;1-10-6-8-11(9-7-10)14-15-12(2,3)13(4,5)16-14;3-2(4,5)10(7,8)1-9-6;/h2-24H,1H3;1-19H;6-9H,1-5H3;1H2;1H4. The van der Waals surface area contributed by atoms with E-state index in [9.17, 15) is 47.7 Å². The lowest BCUT2D eigenvalue weighted by Crippen LogP contribution is -2.41. The number of hydrogen-bond donors (Lipinski definition) is 0. The number of sulfone groups is 1. The van der Waals surface area contributed by atoms with Crippen LogP contribution < -0.4 is 9.65 Å². The molecule has 18 heteroatoms. The summed E-state index contributed by atoms with van der Waals surface area (Å²) in [7, 11) is -12.3. The van der Waals surface area contributed by atoms with E-state index in [1.807, 2.05) is 54.6 Å². The zero-order chi connectivity index (χ0) is 71.7. The molecule has 0 aromatic heterocycles. The fraction of sp³-hybridized carbons (Fsp3) is 0.143. The third-order valence-electron chi connectivity index (χ3n) is 18.4. The van der Waals surface area contributed by atoms with Gasteiger partial charge in [0.05, 0.1) is 11.2 Å². The number of hydrogen-bond acceptors (Lipinski definition) is 8. The summed E-state index contributed by atoms with van der Waals surface area (Å²) in [5.41, 5.74) is 2.33. The minimum Gasteiger partial charge on any atom is -0.399 e. The van der Waals surface area contributed by atoms with Gasteiger partial charge in [-0.1, -0.05) is 285 Å². The van der Waals surface area contributed by atoms with Crippen LogP contribution in [0.5, 0.6) is 5.75 Å². The third kappa shape index (κ3) is 14.7. The first kappa shape index (κ1) is 73.2. The summed E-state index contributed by atoms with van der Waals surface area (Å²) < 4.78 is 143. The molecule has 14 aromatic carbocycles. The first-order valence-corrected chi connectivity index (χ1v) is 36.3. The molecule has 8 nitrogen and oxygen atoms in total. The van der Waals surface area contributed by atoms with Crippen LogP contribution in [0.25, 0.3) is 120 Å². The average molecular weight is 1430 g/mol. The van der Waals surface area contributed by atoms with Crippen molar-refractivity contribution in [3.63, 3.8) is 0 Å². The van der Waals surface area contributed by atoms with Gasteiger partial charge in [-0.25, -0.2) is 8.42 Å². The Labute approximate surface area is 591 Å². The quantitative estimate of drug-likeness (QED) is 0.0332. The van der Waals surface area contributed by atoms with Gasteiger partial charge in [-0.2, -0.15) is 34.8 Å². The van der Waals surface area contributed by atoms with Gasteiger partial charge in [0.1, 0.15) is 5.49 Å². The second-order valence-electron chi connectivity index (χ2n) is 25.4. The zero-order valence-corrected chi connectivity index (χ0v) is 58.2. The molecule has 0 atom stereocenters. The van der Waals surface area contributed by atoms with Crippen LogP contribution in [0.3, 0.4) is 0 Å². The summed E-state index contributed by atoms with van der Waals surface area (Å²) in [6.45, 7) is 12.5. The van der Waals surface area contributed by atoms with E-state index >= 15 is 0 Å². The molecule has 1 fully saturated rings. The van der Waals surface area contributed by atoms with Crippen molar-refractivity contribution in [2.24, 2.45) is 0 Å². The van der Waals surface area contributed by atoms with Crippen LogP contribution in [0.4, 0.5) is 26.3 Å². The largest absolute Gasteiger partial charge is 0.534 e. The lowest BCUT2D eigenvalue weighted by molar-refractivity contribution is -0.0500. The lowest BCUT2D eigenvalue weighted by atomic mass is 9.79. The number of halogens is 6. The van der Waals surface area contributed by atoms with E-state index in [4.69, 9.17) is 9.31 Å². The average Bonchev–Trinajstić information content (AvgIpc) is 1.15. The van der Waals surface area contributed by atoms with Crippen molar-refractivity contribution in [2.45, 2.75) is 71.2 Å². The van der Waals surface area contributed by atoms with Crippen molar-refractivity contribution in [1.29, 1.82) is 0 Å². The van der Waals surface area contributed by atoms with Crippen molar-refractivity contribution in [3.8, 4) is 61.4 Å². The monoisotopic (exact) mass is 1430 g/mol. The topological polar surface area (TPSA) is 113 Å². The molecule has 0 bridgehead atoms. The second-order valence-corrected chi connectivity index (χ2v) is 30.0. The zero-order valence-electron chi connectivity index (χ0n) is 55.6. The van der Waals surface area contributed by atoms with Gasteiger partial charge < -0.3 is 13.5 Å². The number of aryl methyl sites for hydroxylation is 2. The Kier molecular flexibility index (Phi) is 21.2. The SMILES string of the molecule is C.Cc1ccc(-c2ccc(-c3c4ccccc4c(-c4ccccc4)c4ccccc34)c3ccccc23)cc1.Cc1ccc(B2OC(C)(C)C(C)(C)O2)cc1.O=PCS(=O)(=O)C(F)(F)F.O=S(=O)(Oc1ccc(-c2c3ccccc3c(-c3ccccc3)c3ccccc23)c2ccccc12)C(F)(F)F. The summed E-state index contributed by atoms with van der Waals surface area (Å²) in [5, 5.41) is 12.5. The molecule has 15 rings (SSSR count). The number of rotatable bonds is 10. The van der Waals surface area contributed by atoms with E-state index < -0.39 is 44.9 Å². The fourth-order valence-corrected chi connectivity index (χ4v) is 14.4. The highest BCUT2D eigenvalue weighted by Gasteiger charge is 2.52. The molecule has 0 unspecified atom stereocenters. The predicted molar refractivity (Wildman–Crippen MR) is 407 cm³/mol. The van der Waals surface area contributed by atoms with Gasteiger partial charge in [0.15, 0.2) is 14.2 Å². The van der Waals surface area contributed by atoms with Gasteiger partial charge in [0, 0.05) is 5.39 Å². The van der Waals surface area contributed by atoms with Crippen molar-refractivity contribution in [2.75, 3.05) is 5.49 Å². The smallest absolute Gasteiger partial charge is 0.399 e. The van der Waals surface area contributed by atoms with Crippen molar-refractivity contribution < 1.29 is 61.2 Å². The fourth-order valence-electron chi connectivity index (χ4n) is 12.7. The van der Waals surface area contributed by atoms with Crippen LogP contribution in [0.2, 0.25) is 0 Å². The number of benzene rings is 14. The van der Waals surface area contributed by atoms with Gasteiger partial charge in [-0.05, 0) is 174 Å². The van der Waals surface area contributed by atoms with Gasteiger partial charge in [-0.3, -0.25) is 4.57 Å². The van der Waals surface area contributed by atoms with Crippen LogP contribution in [0.15, 0.2) is 279 Å². The Morgan fingerprint density at radius 2 is 0.667 bits per heavy atom. The Hall–Kier alpha value is -10.00. The van der Waals surface area contributed by atoms with Crippen LogP contribution in [-0.4, -0.2) is 51.7 Å². The first-order valence-electron chi connectivity index (χ1n) is 32.3. The van der Waals surface area contributed by atoms with E-state index in [1.54, 1.807) is 30.3 Å². The van der Waals surface area contributed by atoms with E-state index in [-0.39, 0.29) is 36.9 Å². The van der Waals surface area contributed by atoms with Gasteiger partial charge in [-0.15, -0.1) is 0 Å². The van der Waals surface area contributed by atoms with E-state index in [0.717, 1.165) is 49.3 Å². The summed E-state index contributed by atoms with van der Waals surface area (Å²) in [6, 6.07) is 94.9. The highest BCUT2D eigenvalue weighted by atomic mass is 32.2. The Balaban J connectivity index is 0.000000152. The summed E-state index contributed by atoms with van der Waals surface area (Å²) >= 11 is 0. The molecule has 1 heterocycles. The predicted octanol–water partition coefficient (Wildman–Crippen LogP) is 23.3. The molecule has 0 aliphatic carbocycles. The third-order valence-corrected chi connectivity index (χ3v) is 21.8. The molecule has 1 aliphatic heterocycles. The van der Waals surface area contributed by atoms with Crippen LogP contribution >= 0.6 is 8.46 Å². The Morgan fingerprint density at radius 3 is 1.02 bits per heavy atom. The van der Waals surface area contributed by atoms with Crippen molar-refractivity contribution >= 4 is 106 Å². The maximum atomic E-state index is 13.1. The number of alkyl halides is 6. The van der Waals surface area contributed by atoms with E-state index in [2.05, 4.69) is 234 Å². The second kappa shape index (κ2) is 29.5. The molecule has 0 spiro atoms. The minimum atomic E-state index is -5.83. The molecule has 14 aromatic rings. The van der Waals surface area contributed by atoms with Crippen molar-refractivity contribution in [1.82, 2.24) is 0 Å². The molecule has 1 saturated heterocycles. The highest BCUT2D eigenvalue weighted by molar-refractivity contribution is 7.95. The van der Waals surface area contributed by atoms with Gasteiger partial charge in [0.2, 0.25) is 0 Å². The molecule has 1 aliphatic rings. The highest BCUT2D eigenvalue weighted by Crippen LogP contribution is 2.49. The Bertz CT molecular complexity index is 5530. The maximum absolute atomic E-state index is 13.1. The molecular weight excluding hydrogens is 1360 g/mol. The van der Waals surface area contributed by atoms with Crippen LogP contribution in [-0.2, 0) is 33.8 Å². The summed E-state index contributed by atoms with van der Waals surface area (Å²) in [5.74, 6) is -0.379. The minimum absolute atomic E-state index is 0. The molecule has 516 valence electrons. The van der Waals surface area contributed by atoms with E-state index in [0.29, 0.717) is 5.39 Å². The summed E-state index contributed by atoms with van der Waals surface area (Å²) in [6.07, 6.45) is 0.